The van der Waals surface area contributed by atoms with Crippen molar-refractivity contribution in [2.45, 2.75) is 44.6 Å². The molecule has 1 aromatic carbocycles. The number of rotatable bonds is 4. The van der Waals surface area contributed by atoms with Crippen molar-refractivity contribution >= 4 is 0 Å². The van der Waals surface area contributed by atoms with Crippen molar-refractivity contribution in [3.05, 3.63) is 35.4 Å². The Balaban J connectivity index is 2.02. The smallest absolute Gasteiger partial charge is 0.0684 e. The second-order valence-corrected chi connectivity index (χ2v) is 4.82. The first-order valence-corrected chi connectivity index (χ1v) is 6.62. The third-order valence-corrected chi connectivity index (χ3v) is 3.71. The molecule has 0 aliphatic heterocycles. The minimum absolute atomic E-state index is 0.226. The Morgan fingerprint density at radius 2 is 2.29 bits per heavy atom. The van der Waals surface area contributed by atoms with Crippen molar-refractivity contribution in [1.82, 2.24) is 5.32 Å². The maximum Gasteiger partial charge on any atom is 0.0684 e. The lowest BCUT2D eigenvalue weighted by Gasteiger charge is -2.26. The Hall–Kier alpha value is -1.26. The lowest BCUT2D eigenvalue weighted by molar-refractivity contribution is 0.483. The number of fused-ring (bicyclic) bond motifs is 1. The summed E-state index contributed by atoms with van der Waals surface area (Å²) in [5.41, 5.74) is 3.05. The van der Waals surface area contributed by atoms with Crippen LogP contribution >= 0.6 is 0 Å². The fraction of sp³-hybridized carbons (Fsp3) is 0.500. The zero-order chi connectivity index (χ0) is 12.1. The number of nitrogens with one attached hydrogen (secondary N) is 1. The zero-order valence-electron chi connectivity index (χ0n) is 10.6. The number of hydrogen-bond acceptors (Lipinski definition) is 1. The molecule has 0 fully saturated rings. The van der Waals surface area contributed by atoms with E-state index in [1.807, 2.05) is 0 Å². The van der Waals surface area contributed by atoms with Gasteiger partial charge in [-0.3, -0.25) is 0 Å². The highest BCUT2D eigenvalue weighted by Crippen LogP contribution is 2.30. The first kappa shape index (κ1) is 12.2. The quantitative estimate of drug-likeness (QED) is 0.779. The number of aryl methyl sites for hydroxylation is 1. The molecule has 0 saturated heterocycles. The Morgan fingerprint density at radius 3 is 3.06 bits per heavy atom. The second-order valence-electron chi connectivity index (χ2n) is 4.82. The molecule has 2 atom stereocenters. The van der Waals surface area contributed by atoms with E-state index in [0.29, 0.717) is 5.92 Å². The van der Waals surface area contributed by atoms with E-state index in [1.54, 1.807) is 0 Å². The van der Waals surface area contributed by atoms with E-state index in [4.69, 9.17) is 6.42 Å². The summed E-state index contributed by atoms with van der Waals surface area (Å²) in [6, 6.07) is 9.06. The fourth-order valence-corrected chi connectivity index (χ4v) is 2.67. The van der Waals surface area contributed by atoms with Gasteiger partial charge in [-0.1, -0.05) is 37.1 Å². The van der Waals surface area contributed by atoms with Gasteiger partial charge < -0.3 is 5.32 Å². The summed E-state index contributed by atoms with van der Waals surface area (Å²) in [6.45, 7) is 3.14. The lowest BCUT2D eigenvalue weighted by atomic mass is 9.83. The largest absolute Gasteiger partial charge is 0.303 e. The Bertz CT molecular complexity index is 402. The molecule has 2 unspecified atom stereocenters. The van der Waals surface area contributed by atoms with Crippen LogP contribution in [0.5, 0.6) is 0 Å². The highest BCUT2D eigenvalue weighted by Gasteiger charge is 2.19. The SMILES string of the molecule is C#CC(CC)NCC1CCCc2ccccc21. The average Bonchev–Trinajstić information content (AvgIpc) is 2.40. The van der Waals surface area contributed by atoms with Crippen LogP contribution in [-0.2, 0) is 6.42 Å². The van der Waals surface area contributed by atoms with Gasteiger partial charge >= 0.3 is 0 Å². The molecule has 1 N–H and O–H groups in total. The van der Waals surface area contributed by atoms with Crippen LogP contribution in [0.25, 0.3) is 0 Å². The topological polar surface area (TPSA) is 12.0 Å². The normalized spacial score (nSPS) is 20.4. The van der Waals surface area contributed by atoms with Crippen LogP contribution in [0, 0.1) is 12.3 Å². The predicted molar refractivity (Wildman–Crippen MR) is 73.0 cm³/mol. The molecule has 0 saturated carbocycles. The second kappa shape index (κ2) is 5.89. The summed E-state index contributed by atoms with van der Waals surface area (Å²) in [5.74, 6) is 3.45. The highest BCUT2D eigenvalue weighted by molar-refractivity contribution is 5.32. The summed E-state index contributed by atoms with van der Waals surface area (Å²) in [5, 5.41) is 3.49. The van der Waals surface area contributed by atoms with Gasteiger partial charge in [-0.15, -0.1) is 6.42 Å². The molecule has 1 aliphatic carbocycles. The van der Waals surface area contributed by atoms with Gasteiger partial charge in [0, 0.05) is 6.54 Å². The van der Waals surface area contributed by atoms with Crippen LogP contribution in [0.1, 0.15) is 43.2 Å². The summed E-state index contributed by atoms with van der Waals surface area (Å²) >= 11 is 0. The van der Waals surface area contributed by atoms with Crippen molar-refractivity contribution in [3.63, 3.8) is 0 Å². The van der Waals surface area contributed by atoms with E-state index in [2.05, 4.69) is 42.4 Å². The predicted octanol–water partition coefficient (Wildman–Crippen LogP) is 3.11. The molecule has 0 amide bonds. The molecule has 0 heterocycles. The van der Waals surface area contributed by atoms with E-state index < -0.39 is 0 Å². The maximum absolute atomic E-state index is 5.48. The molecule has 90 valence electrons. The first-order chi connectivity index (χ1) is 8.35. The van der Waals surface area contributed by atoms with Gasteiger partial charge in [0.05, 0.1) is 6.04 Å². The van der Waals surface area contributed by atoms with Crippen LogP contribution in [0.3, 0.4) is 0 Å². The van der Waals surface area contributed by atoms with Crippen LogP contribution in [0.4, 0.5) is 0 Å². The molecule has 0 bridgehead atoms. The van der Waals surface area contributed by atoms with Crippen molar-refractivity contribution < 1.29 is 0 Å². The molecule has 2 rings (SSSR count). The summed E-state index contributed by atoms with van der Waals surface area (Å²) in [6.07, 6.45) is 10.3. The van der Waals surface area contributed by atoms with E-state index >= 15 is 0 Å². The molecular formula is C16H21N. The van der Waals surface area contributed by atoms with Gasteiger partial charge in [0.25, 0.3) is 0 Å². The van der Waals surface area contributed by atoms with E-state index in [-0.39, 0.29) is 6.04 Å². The summed E-state index contributed by atoms with van der Waals surface area (Å²) in [4.78, 5) is 0. The van der Waals surface area contributed by atoms with Crippen LogP contribution in [0.2, 0.25) is 0 Å². The number of benzene rings is 1. The first-order valence-electron chi connectivity index (χ1n) is 6.62. The maximum atomic E-state index is 5.48. The van der Waals surface area contributed by atoms with Gasteiger partial charge in [0.1, 0.15) is 0 Å². The standard InChI is InChI=1S/C16H21N/c1-3-15(4-2)17-12-14-10-7-9-13-8-5-6-11-16(13)14/h1,5-6,8,11,14-15,17H,4,7,9-10,12H2,2H3. The number of terminal acetylenes is 1. The Labute approximate surface area is 105 Å². The minimum atomic E-state index is 0.226. The van der Waals surface area contributed by atoms with E-state index in [9.17, 15) is 0 Å². The van der Waals surface area contributed by atoms with Crippen molar-refractivity contribution in [1.29, 1.82) is 0 Å². The molecule has 17 heavy (non-hydrogen) atoms. The van der Waals surface area contributed by atoms with Crippen LogP contribution < -0.4 is 5.32 Å². The number of hydrogen-bond donors (Lipinski definition) is 1. The van der Waals surface area contributed by atoms with Crippen molar-refractivity contribution in [2.24, 2.45) is 0 Å². The van der Waals surface area contributed by atoms with Gasteiger partial charge in [-0.25, -0.2) is 0 Å². The minimum Gasteiger partial charge on any atom is -0.303 e. The molecule has 1 aliphatic rings. The molecule has 1 heteroatoms. The van der Waals surface area contributed by atoms with Crippen molar-refractivity contribution in [3.8, 4) is 12.3 Å². The molecule has 1 nitrogen and oxygen atoms in total. The van der Waals surface area contributed by atoms with Gasteiger partial charge in [-0.05, 0) is 42.7 Å². The van der Waals surface area contributed by atoms with E-state index in [0.717, 1.165) is 13.0 Å². The fourth-order valence-electron chi connectivity index (χ4n) is 2.67. The average molecular weight is 227 g/mol. The van der Waals surface area contributed by atoms with Gasteiger partial charge in [-0.2, -0.15) is 0 Å². The Kier molecular flexibility index (Phi) is 4.23. The van der Waals surface area contributed by atoms with Crippen LogP contribution in [0.15, 0.2) is 24.3 Å². The third kappa shape index (κ3) is 2.90. The highest BCUT2D eigenvalue weighted by atomic mass is 14.9. The Morgan fingerprint density at radius 1 is 1.47 bits per heavy atom. The summed E-state index contributed by atoms with van der Waals surface area (Å²) in [7, 11) is 0. The molecule has 1 aromatic rings. The van der Waals surface area contributed by atoms with Crippen LogP contribution in [-0.4, -0.2) is 12.6 Å². The monoisotopic (exact) mass is 227 g/mol. The van der Waals surface area contributed by atoms with Crippen molar-refractivity contribution in [2.75, 3.05) is 6.54 Å². The molecule has 0 spiro atoms. The molecule has 0 aromatic heterocycles. The van der Waals surface area contributed by atoms with Gasteiger partial charge in [0.2, 0.25) is 0 Å². The van der Waals surface area contributed by atoms with E-state index in [1.165, 1.54) is 30.4 Å². The molecular weight excluding hydrogens is 206 g/mol. The third-order valence-electron chi connectivity index (χ3n) is 3.71. The lowest BCUT2D eigenvalue weighted by Crippen LogP contribution is -2.32. The van der Waals surface area contributed by atoms with Gasteiger partial charge in [0.15, 0.2) is 0 Å². The molecule has 0 radical (unpaired) electrons. The zero-order valence-corrected chi connectivity index (χ0v) is 10.6. The summed E-state index contributed by atoms with van der Waals surface area (Å²) < 4.78 is 0.